The van der Waals surface area contributed by atoms with E-state index in [0.29, 0.717) is 10.7 Å². The van der Waals surface area contributed by atoms with Gasteiger partial charge < -0.3 is 10.6 Å². The topological polar surface area (TPSA) is 58.2 Å². The van der Waals surface area contributed by atoms with E-state index in [-0.39, 0.29) is 24.3 Å². The zero-order valence-electron chi connectivity index (χ0n) is 12.5. The molecule has 1 fully saturated rings. The molecule has 21 heavy (non-hydrogen) atoms. The Balaban J connectivity index is 1.91. The van der Waals surface area contributed by atoms with Crippen LogP contribution in [0.3, 0.4) is 0 Å². The van der Waals surface area contributed by atoms with Gasteiger partial charge in [0.05, 0.1) is 10.7 Å². The molecule has 2 rings (SSSR count). The van der Waals surface area contributed by atoms with Crippen molar-refractivity contribution in [2.75, 3.05) is 5.32 Å². The predicted octanol–water partition coefficient (Wildman–Crippen LogP) is 3.34. The second-order valence-electron chi connectivity index (χ2n) is 5.71. The molecule has 1 aromatic carbocycles. The highest BCUT2D eigenvalue weighted by Crippen LogP contribution is 2.27. The summed E-state index contributed by atoms with van der Waals surface area (Å²) < 4.78 is 0. The Hall–Kier alpha value is -1.55. The maximum Gasteiger partial charge on any atom is 0.233 e. The van der Waals surface area contributed by atoms with Gasteiger partial charge in [0, 0.05) is 6.04 Å². The first kappa shape index (κ1) is 15.8. The third kappa shape index (κ3) is 4.46. The van der Waals surface area contributed by atoms with E-state index in [9.17, 15) is 9.59 Å². The summed E-state index contributed by atoms with van der Waals surface area (Å²) in [6.45, 7) is 3.83. The minimum absolute atomic E-state index is 0.167. The number of carbonyl (C=O) groups excluding carboxylic acids is 2. The molecule has 1 saturated carbocycles. The molecule has 1 aromatic rings. The minimum Gasteiger partial charge on any atom is -0.353 e. The average molecular weight is 309 g/mol. The van der Waals surface area contributed by atoms with Crippen LogP contribution in [-0.4, -0.2) is 17.9 Å². The van der Waals surface area contributed by atoms with Crippen LogP contribution in [-0.2, 0) is 9.59 Å². The van der Waals surface area contributed by atoms with Crippen molar-refractivity contribution in [3.05, 3.63) is 28.3 Å². The summed E-state index contributed by atoms with van der Waals surface area (Å²) in [5.41, 5.74) is 2.51. The van der Waals surface area contributed by atoms with E-state index in [4.69, 9.17) is 11.6 Å². The second kappa shape index (κ2) is 6.94. The molecule has 1 aliphatic rings. The third-order valence-electron chi connectivity index (χ3n) is 3.74. The van der Waals surface area contributed by atoms with Gasteiger partial charge in [-0.05, 0) is 43.9 Å². The Morgan fingerprint density at radius 3 is 2.48 bits per heavy atom. The molecular formula is C16H21ClN2O2. The van der Waals surface area contributed by atoms with Crippen LogP contribution in [0, 0.1) is 13.8 Å². The van der Waals surface area contributed by atoms with Crippen molar-refractivity contribution in [3.8, 4) is 0 Å². The molecule has 2 amide bonds. The molecule has 0 spiro atoms. The fourth-order valence-corrected chi connectivity index (χ4v) is 3.12. The number of hydrogen-bond acceptors (Lipinski definition) is 2. The maximum absolute atomic E-state index is 12.0. The highest BCUT2D eigenvalue weighted by molar-refractivity contribution is 6.34. The van der Waals surface area contributed by atoms with Crippen LogP contribution in [0.1, 0.15) is 43.2 Å². The molecule has 0 unspecified atom stereocenters. The first-order valence-electron chi connectivity index (χ1n) is 7.31. The van der Waals surface area contributed by atoms with E-state index < -0.39 is 0 Å². The Bertz CT molecular complexity index is 528. The number of benzene rings is 1. The molecule has 2 N–H and O–H groups in total. The van der Waals surface area contributed by atoms with E-state index in [2.05, 4.69) is 10.6 Å². The van der Waals surface area contributed by atoms with Crippen molar-refractivity contribution in [2.45, 2.75) is 52.0 Å². The van der Waals surface area contributed by atoms with Gasteiger partial charge >= 0.3 is 0 Å². The summed E-state index contributed by atoms with van der Waals surface area (Å²) >= 11 is 6.14. The maximum atomic E-state index is 12.0. The van der Waals surface area contributed by atoms with Gasteiger partial charge in [-0.2, -0.15) is 0 Å². The smallest absolute Gasteiger partial charge is 0.233 e. The van der Waals surface area contributed by atoms with E-state index in [1.807, 2.05) is 19.9 Å². The molecule has 5 heteroatoms. The quantitative estimate of drug-likeness (QED) is 0.838. The predicted molar refractivity (Wildman–Crippen MR) is 84.6 cm³/mol. The van der Waals surface area contributed by atoms with Crippen LogP contribution in [0.2, 0.25) is 5.02 Å². The van der Waals surface area contributed by atoms with Crippen molar-refractivity contribution in [1.82, 2.24) is 5.32 Å². The van der Waals surface area contributed by atoms with Crippen molar-refractivity contribution in [2.24, 2.45) is 0 Å². The highest BCUT2D eigenvalue weighted by Gasteiger charge is 2.19. The lowest BCUT2D eigenvalue weighted by atomic mass is 10.1. The summed E-state index contributed by atoms with van der Waals surface area (Å²) in [6.07, 6.45) is 4.15. The minimum atomic E-state index is -0.334. The van der Waals surface area contributed by atoms with E-state index in [1.165, 1.54) is 0 Å². The van der Waals surface area contributed by atoms with Gasteiger partial charge in [0.1, 0.15) is 6.42 Å². The largest absolute Gasteiger partial charge is 0.353 e. The number of amides is 2. The molecule has 0 aliphatic heterocycles. The second-order valence-corrected chi connectivity index (χ2v) is 6.12. The molecule has 0 aromatic heterocycles. The van der Waals surface area contributed by atoms with E-state index in [1.54, 1.807) is 6.07 Å². The number of halogens is 1. The molecule has 0 heterocycles. The zero-order chi connectivity index (χ0) is 15.4. The molecule has 1 aliphatic carbocycles. The lowest BCUT2D eigenvalue weighted by molar-refractivity contribution is -0.127. The first-order valence-corrected chi connectivity index (χ1v) is 7.69. The number of nitrogens with one attached hydrogen (secondary N) is 2. The first-order chi connectivity index (χ1) is 9.95. The lowest BCUT2D eigenvalue weighted by Crippen LogP contribution is -2.35. The van der Waals surface area contributed by atoms with Crippen LogP contribution in [0.15, 0.2) is 12.1 Å². The Labute approximate surface area is 130 Å². The standard InChI is InChI=1S/C16H21ClN2O2/c1-10-7-11(2)16(13(17)8-10)19-15(21)9-14(20)18-12-5-3-4-6-12/h7-8,12H,3-6,9H2,1-2H3,(H,18,20)(H,19,21). The lowest BCUT2D eigenvalue weighted by Gasteiger charge is -2.13. The molecule has 0 atom stereocenters. The Morgan fingerprint density at radius 1 is 1.19 bits per heavy atom. The summed E-state index contributed by atoms with van der Waals surface area (Å²) in [7, 11) is 0. The van der Waals surface area contributed by atoms with Crippen LogP contribution in [0.25, 0.3) is 0 Å². The number of aryl methyl sites for hydroxylation is 2. The number of rotatable bonds is 4. The SMILES string of the molecule is Cc1cc(C)c(NC(=O)CC(=O)NC2CCCC2)c(Cl)c1. The monoisotopic (exact) mass is 308 g/mol. The van der Waals surface area contributed by atoms with Crippen LogP contribution in [0.5, 0.6) is 0 Å². The van der Waals surface area contributed by atoms with Crippen molar-refractivity contribution < 1.29 is 9.59 Å². The number of hydrogen-bond donors (Lipinski definition) is 2. The Kier molecular flexibility index (Phi) is 5.23. The summed E-state index contributed by atoms with van der Waals surface area (Å²) in [5.74, 6) is -0.556. The number of carbonyl (C=O) groups is 2. The van der Waals surface area contributed by atoms with Gasteiger partial charge in [0.2, 0.25) is 11.8 Å². The molecule has 4 nitrogen and oxygen atoms in total. The van der Waals surface area contributed by atoms with Gasteiger partial charge in [-0.3, -0.25) is 9.59 Å². The van der Waals surface area contributed by atoms with E-state index in [0.717, 1.165) is 36.8 Å². The summed E-state index contributed by atoms with van der Waals surface area (Å²) in [4.78, 5) is 23.8. The van der Waals surface area contributed by atoms with Crippen molar-refractivity contribution in [3.63, 3.8) is 0 Å². The number of anilines is 1. The van der Waals surface area contributed by atoms with Crippen LogP contribution < -0.4 is 10.6 Å². The molecule has 0 radical (unpaired) electrons. The fourth-order valence-electron chi connectivity index (χ4n) is 2.75. The zero-order valence-corrected chi connectivity index (χ0v) is 13.2. The normalized spacial score (nSPS) is 15.0. The Morgan fingerprint density at radius 2 is 1.86 bits per heavy atom. The molecule has 0 saturated heterocycles. The van der Waals surface area contributed by atoms with Crippen molar-refractivity contribution in [1.29, 1.82) is 0 Å². The van der Waals surface area contributed by atoms with Gasteiger partial charge in [-0.1, -0.05) is 30.5 Å². The molecule has 114 valence electrons. The van der Waals surface area contributed by atoms with Gasteiger partial charge in [0.25, 0.3) is 0 Å². The summed E-state index contributed by atoms with van der Waals surface area (Å²) in [6, 6.07) is 3.97. The highest BCUT2D eigenvalue weighted by atomic mass is 35.5. The third-order valence-corrected chi connectivity index (χ3v) is 4.04. The fraction of sp³-hybridized carbons (Fsp3) is 0.500. The van der Waals surface area contributed by atoms with Crippen LogP contribution in [0.4, 0.5) is 5.69 Å². The summed E-state index contributed by atoms with van der Waals surface area (Å²) in [5, 5.41) is 6.13. The van der Waals surface area contributed by atoms with Gasteiger partial charge in [-0.15, -0.1) is 0 Å². The van der Waals surface area contributed by atoms with Crippen molar-refractivity contribution >= 4 is 29.1 Å². The van der Waals surface area contributed by atoms with Gasteiger partial charge in [0.15, 0.2) is 0 Å². The van der Waals surface area contributed by atoms with Gasteiger partial charge in [-0.25, -0.2) is 0 Å². The van der Waals surface area contributed by atoms with E-state index >= 15 is 0 Å². The molecular weight excluding hydrogens is 288 g/mol. The average Bonchev–Trinajstić information content (AvgIpc) is 2.86. The van der Waals surface area contributed by atoms with Crippen LogP contribution >= 0.6 is 11.6 Å². The molecule has 0 bridgehead atoms.